The predicted molar refractivity (Wildman–Crippen MR) is 111 cm³/mol. The SMILES string of the molecule is NC1CN(C2CCN(Cc3cccc4c3C(=O)N(C3CCC(=O)NC3=O)C4=O)CC2)C1. The van der Waals surface area contributed by atoms with Gasteiger partial charge in [0.1, 0.15) is 6.04 Å². The number of hydrogen-bond donors (Lipinski definition) is 2. The van der Waals surface area contributed by atoms with Crippen molar-refractivity contribution in [2.45, 2.75) is 50.4 Å². The van der Waals surface area contributed by atoms with Crippen molar-refractivity contribution < 1.29 is 19.2 Å². The number of nitrogens with one attached hydrogen (secondary N) is 1. The predicted octanol–water partition coefficient (Wildman–Crippen LogP) is -0.305. The lowest BCUT2D eigenvalue weighted by molar-refractivity contribution is -0.136. The molecule has 4 aliphatic heterocycles. The fourth-order valence-electron chi connectivity index (χ4n) is 5.25. The number of fused-ring (bicyclic) bond motifs is 1. The van der Waals surface area contributed by atoms with Gasteiger partial charge in [-0.2, -0.15) is 0 Å². The Bertz CT molecular complexity index is 949. The summed E-state index contributed by atoms with van der Waals surface area (Å²) in [6.07, 6.45) is 2.42. The lowest BCUT2D eigenvalue weighted by Gasteiger charge is -2.46. The minimum Gasteiger partial charge on any atom is -0.325 e. The number of rotatable bonds is 4. The van der Waals surface area contributed by atoms with Crippen molar-refractivity contribution in [3.63, 3.8) is 0 Å². The second kappa shape index (κ2) is 7.81. The molecule has 1 aromatic carbocycles. The molecule has 0 spiro atoms. The van der Waals surface area contributed by atoms with E-state index in [-0.39, 0.29) is 18.7 Å². The van der Waals surface area contributed by atoms with E-state index >= 15 is 0 Å². The highest BCUT2D eigenvalue weighted by Gasteiger charge is 2.45. The van der Waals surface area contributed by atoms with Gasteiger partial charge < -0.3 is 5.73 Å². The summed E-state index contributed by atoms with van der Waals surface area (Å²) in [5.74, 6) is -1.85. The summed E-state index contributed by atoms with van der Waals surface area (Å²) in [5.41, 5.74) is 7.46. The molecule has 4 heterocycles. The smallest absolute Gasteiger partial charge is 0.262 e. The monoisotopic (exact) mass is 425 g/mol. The number of imide groups is 2. The van der Waals surface area contributed by atoms with Crippen molar-refractivity contribution in [2.75, 3.05) is 26.2 Å². The summed E-state index contributed by atoms with van der Waals surface area (Å²) in [6.45, 7) is 4.41. The van der Waals surface area contributed by atoms with Crippen LogP contribution in [0.15, 0.2) is 18.2 Å². The van der Waals surface area contributed by atoms with Crippen molar-refractivity contribution in [1.29, 1.82) is 0 Å². The van der Waals surface area contributed by atoms with E-state index in [9.17, 15) is 19.2 Å². The molecule has 3 saturated heterocycles. The van der Waals surface area contributed by atoms with Gasteiger partial charge in [-0.05, 0) is 44.0 Å². The van der Waals surface area contributed by atoms with Crippen LogP contribution in [0.2, 0.25) is 0 Å². The van der Waals surface area contributed by atoms with Gasteiger partial charge in [-0.25, -0.2) is 0 Å². The third-order valence-corrected chi connectivity index (χ3v) is 6.96. The Kier molecular flexibility index (Phi) is 5.11. The first-order valence-corrected chi connectivity index (χ1v) is 11.0. The molecule has 9 nitrogen and oxygen atoms in total. The number of nitrogens with two attached hydrogens (primary N) is 1. The van der Waals surface area contributed by atoms with Gasteiger partial charge in [-0.15, -0.1) is 0 Å². The molecule has 0 saturated carbocycles. The van der Waals surface area contributed by atoms with Crippen molar-refractivity contribution in [2.24, 2.45) is 5.73 Å². The maximum atomic E-state index is 13.2. The van der Waals surface area contributed by atoms with Gasteiger partial charge in [0.05, 0.1) is 11.1 Å². The number of carbonyl (C=O) groups excluding carboxylic acids is 4. The fourth-order valence-corrected chi connectivity index (χ4v) is 5.25. The lowest BCUT2D eigenvalue weighted by atomic mass is 9.96. The van der Waals surface area contributed by atoms with E-state index in [4.69, 9.17) is 5.73 Å². The molecule has 5 rings (SSSR count). The number of carbonyl (C=O) groups is 4. The largest absolute Gasteiger partial charge is 0.325 e. The molecule has 0 radical (unpaired) electrons. The van der Waals surface area contributed by atoms with Gasteiger partial charge in [0.15, 0.2) is 0 Å². The molecule has 1 aromatic rings. The normalized spacial score (nSPS) is 26.2. The number of hydrogen-bond acceptors (Lipinski definition) is 7. The molecule has 4 aliphatic rings. The zero-order valence-corrected chi connectivity index (χ0v) is 17.4. The number of nitrogens with zero attached hydrogens (tertiary/aromatic N) is 3. The molecule has 0 aliphatic carbocycles. The van der Waals surface area contributed by atoms with Gasteiger partial charge in [0, 0.05) is 38.1 Å². The minimum absolute atomic E-state index is 0.119. The highest BCUT2D eigenvalue weighted by molar-refractivity contribution is 6.24. The zero-order chi connectivity index (χ0) is 21.7. The number of benzene rings is 1. The summed E-state index contributed by atoms with van der Waals surface area (Å²) in [6, 6.07) is 5.27. The summed E-state index contributed by atoms with van der Waals surface area (Å²) < 4.78 is 0. The molecule has 4 amide bonds. The summed E-state index contributed by atoms with van der Waals surface area (Å²) >= 11 is 0. The van der Waals surface area contributed by atoms with Crippen molar-refractivity contribution in [3.05, 3.63) is 34.9 Å². The first-order valence-electron chi connectivity index (χ1n) is 11.0. The molecule has 0 bridgehead atoms. The van der Waals surface area contributed by atoms with Crippen molar-refractivity contribution in [3.8, 4) is 0 Å². The summed E-state index contributed by atoms with van der Waals surface area (Å²) in [7, 11) is 0. The van der Waals surface area contributed by atoms with Crippen LogP contribution in [0.5, 0.6) is 0 Å². The first-order chi connectivity index (χ1) is 14.9. The van der Waals surface area contributed by atoms with Crippen LogP contribution in [-0.2, 0) is 16.1 Å². The summed E-state index contributed by atoms with van der Waals surface area (Å²) in [5, 5.41) is 2.24. The van der Waals surface area contributed by atoms with E-state index in [0.717, 1.165) is 49.5 Å². The lowest BCUT2D eigenvalue weighted by Crippen LogP contribution is -2.61. The van der Waals surface area contributed by atoms with Crippen molar-refractivity contribution >= 4 is 23.6 Å². The van der Waals surface area contributed by atoms with Crippen LogP contribution in [0, 0.1) is 0 Å². The third-order valence-electron chi connectivity index (χ3n) is 6.96. The highest BCUT2D eigenvalue weighted by Crippen LogP contribution is 2.31. The third kappa shape index (κ3) is 3.56. The minimum atomic E-state index is -0.934. The van der Waals surface area contributed by atoms with E-state index in [1.165, 1.54) is 0 Å². The Labute approximate surface area is 180 Å². The topological polar surface area (TPSA) is 116 Å². The average Bonchev–Trinajstić information content (AvgIpc) is 2.98. The zero-order valence-electron chi connectivity index (χ0n) is 17.4. The van der Waals surface area contributed by atoms with E-state index < -0.39 is 23.8 Å². The van der Waals surface area contributed by atoms with Crippen LogP contribution in [0.3, 0.4) is 0 Å². The van der Waals surface area contributed by atoms with Gasteiger partial charge in [0.2, 0.25) is 11.8 Å². The van der Waals surface area contributed by atoms with Gasteiger partial charge >= 0.3 is 0 Å². The van der Waals surface area contributed by atoms with Gasteiger partial charge in [-0.3, -0.25) is 39.2 Å². The second-order valence-corrected chi connectivity index (χ2v) is 9.01. The molecule has 1 atom stereocenters. The average molecular weight is 425 g/mol. The van der Waals surface area contributed by atoms with Crippen molar-refractivity contribution in [1.82, 2.24) is 20.0 Å². The number of amides is 4. The molecule has 1 unspecified atom stereocenters. The van der Waals surface area contributed by atoms with Crippen LogP contribution < -0.4 is 11.1 Å². The van der Waals surface area contributed by atoms with Crippen LogP contribution >= 0.6 is 0 Å². The Morgan fingerprint density at radius 1 is 1.00 bits per heavy atom. The molecule has 3 N–H and O–H groups in total. The molecular weight excluding hydrogens is 398 g/mol. The van der Waals surface area contributed by atoms with E-state index in [0.29, 0.717) is 29.8 Å². The van der Waals surface area contributed by atoms with Gasteiger partial charge in [-0.1, -0.05) is 12.1 Å². The summed E-state index contributed by atoms with van der Waals surface area (Å²) in [4.78, 5) is 55.7. The van der Waals surface area contributed by atoms with Gasteiger partial charge in [0.25, 0.3) is 11.8 Å². The van der Waals surface area contributed by atoms with Crippen LogP contribution in [0.25, 0.3) is 0 Å². The molecular formula is C22H27N5O4. The standard InChI is InChI=1S/C22H27N5O4/c23-14-11-26(12-14)15-6-8-25(9-7-15)10-13-2-1-3-16-19(13)22(31)27(21(16)30)17-4-5-18(28)24-20(17)29/h1-3,14-15,17H,4-12,23H2,(H,24,28,29). The second-order valence-electron chi connectivity index (χ2n) is 9.01. The maximum absolute atomic E-state index is 13.2. The van der Waals surface area contributed by atoms with Crippen LogP contribution in [0.4, 0.5) is 0 Å². The quantitative estimate of drug-likeness (QED) is 0.636. The van der Waals surface area contributed by atoms with Crippen LogP contribution in [0.1, 0.15) is 52.0 Å². The van der Waals surface area contributed by atoms with Crippen LogP contribution in [-0.4, -0.2) is 82.6 Å². The molecule has 31 heavy (non-hydrogen) atoms. The Morgan fingerprint density at radius 3 is 2.42 bits per heavy atom. The number of piperidine rings is 2. The molecule has 164 valence electrons. The molecule has 0 aromatic heterocycles. The Hall–Kier alpha value is -2.62. The van der Waals surface area contributed by atoms with E-state index in [1.54, 1.807) is 12.1 Å². The maximum Gasteiger partial charge on any atom is 0.262 e. The van der Waals surface area contributed by atoms with E-state index in [2.05, 4.69) is 15.1 Å². The Morgan fingerprint density at radius 2 is 1.74 bits per heavy atom. The molecule has 9 heteroatoms. The Balaban J connectivity index is 1.30. The van der Waals surface area contributed by atoms with E-state index in [1.807, 2.05) is 6.07 Å². The fraction of sp³-hybridized carbons (Fsp3) is 0.545. The highest BCUT2D eigenvalue weighted by atomic mass is 16.2. The first kappa shape index (κ1) is 20.3. The number of likely N-dealkylation sites (tertiary alicyclic amines) is 2. The molecule has 3 fully saturated rings.